The van der Waals surface area contributed by atoms with Crippen LogP contribution in [0, 0.1) is 13.8 Å². The summed E-state index contributed by atoms with van der Waals surface area (Å²) in [6.45, 7) is 4.26. The molecule has 3 nitrogen and oxygen atoms in total. The van der Waals surface area contributed by atoms with Crippen LogP contribution < -0.4 is 14.9 Å². The third-order valence-electron chi connectivity index (χ3n) is 4.28. The van der Waals surface area contributed by atoms with Crippen molar-refractivity contribution in [3.05, 3.63) is 78.0 Å². The number of aryl methyl sites for hydroxylation is 2. The zero-order valence-corrected chi connectivity index (χ0v) is 13.2. The van der Waals surface area contributed by atoms with Crippen molar-refractivity contribution in [3.8, 4) is 5.75 Å². The van der Waals surface area contributed by atoms with E-state index in [9.17, 15) is 0 Å². The maximum Gasteiger partial charge on any atom is 0.526 e. The highest BCUT2D eigenvalue weighted by Crippen LogP contribution is 2.39. The molecule has 0 saturated carbocycles. The normalized spacial score (nSPS) is 13.0. The van der Waals surface area contributed by atoms with Crippen molar-refractivity contribution < 1.29 is 4.65 Å². The lowest BCUT2D eigenvalue weighted by atomic mass is 9.67. The quantitative estimate of drug-likeness (QED) is 0.676. The van der Waals surface area contributed by atoms with Gasteiger partial charge in [-0.2, -0.15) is 0 Å². The van der Waals surface area contributed by atoms with E-state index in [1.165, 1.54) is 16.6 Å². The summed E-state index contributed by atoms with van der Waals surface area (Å²) in [6, 6.07) is 20.4. The molecule has 0 amide bonds. The van der Waals surface area contributed by atoms with Gasteiger partial charge in [0, 0.05) is 6.20 Å². The maximum atomic E-state index is 6.31. The maximum absolute atomic E-state index is 6.31. The lowest BCUT2D eigenvalue weighted by Crippen LogP contribution is -2.49. The fraction of sp³-hybridized carbons (Fsp3) is 0.105. The first kappa shape index (κ1) is 13.9. The van der Waals surface area contributed by atoms with Gasteiger partial charge in [0.1, 0.15) is 11.6 Å². The summed E-state index contributed by atoms with van der Waals surface area (Å²) in [6.07, 6.45) is 1.82. The van der Waals surface area contributed by atoms with Gasteiger partial charge in [-0.05, 0) is 43.6 Å². The van der Waals surface area contributed by atoms with E-state index in [1.54, 1.807) is 0 Å². The molecule has 112 valence electrons. The molecule has 3 aromatic rings. The topological polar surface area (TPSA) is 25.4 Å². The predicted octanol–water partition coefficient (Wildman–Crippen LogP) is 3.62. The number of hydrogen-bond donors (Lipinski definition) is 0. The van der Waals surface area contributed by atoms with Crippen LogP contribution in [0.25, 0.3) is 0 Å². The molecular weight excluding hydrogens is 283 g/mol. The molecule has 1 aliphatic rings. The van der Waals surface area contributed by atoms with Gasteiger partial charge in [0.2, 0.25) is 0 Å². The first-order valence-corrected chi connectivity index (χ1v) is 7.78. The van der Waals surface area contributed by atoms with E-state index >= 15 is 0 Å². The van der Waals surface area contributed by atoms with Gasteiger partial charge >= 0.3 is 7.05 Å². The minimum atomic E-state index is -0.191. The molecule has 0 unspecified atom stereocenters. The number of aromatic nitrogens is 1. The van der Waals surface area contributed by atoms with Gasteiger partial charge in [0.15, 0.2) is 0 Å². The predicted molar refractivity (Wildman–Crippen MR) is 94.8 cm³/mol. The van der Waals surface area contributed by atoms with Gasteiger partial charge in [-0.25, -0.2) is 4.98 Å². The van der Waals surface area contributed by atoms with E-state index in [4.69, 9.17) is 4.65 Å². The Bertz CT molecular complexity index is 831. The van der Waals surface area contributed by atoms with Gasteiger partial charge in [-0.15, -0.1) is 0 Å². The number of rotatable bonds is 2. The Morgan fingerprint density at radius 3 is 2.35 bits per heavy atom. The zero-order chi connectivity index (χ0) is 15.8. The summed E-state index contributed by atoms with van der Waals surface area (Å²) in [5, 5.41) is 0. The second kappa shape index (κ2) is 5.47. The molecule has 23 heavy (non-hydrogen) atoms. The van der Waals surface area contributed by atoms with Crippen molar-refractivity contribution in [1.82, 2.24) is 4.98 Å². The molecule has 1 aliphatic heterocycles. The number of pyridine rings is 1. The number of fused-ring (bicyclic) bond motifs is 1. The van der Waals surface area contributed by atoms with Crippen molar-refractivity contribution in [3.63, 3.8) is 0 Å². The molecule has 2 aromatic carbocycles. The average molecular weight is 300 g/mol. The standard InChI is InChI=1S/C19H17BN2O/c1-14-8-7-9-15(2)19(14)20-22(18-12-5-6-13-21-18)16-10-3-4-11-17(16)23-20/h3-13H,1-2H3. The SMILES string of the molecule is Cc1cccc(C)c1B1Oc2ccccc2N1c1ccccn1. The summed E-state index contributed by atoms with van der Waals surface area (Å²) in [5.41, 5.74) is 4.71. The fourth-order valence-corrected chi connectivity index (χ4v) is 3.20. The third-order valence-corrected chi connectivity index (χ3v) is 4.28. The number of hydrogen-bond acceptors (Lipinski definition) is 3. The Kier molecular flexibility index (Phi) is 3.30. The monoisotopic (exact) mass is 300 g/mol. The van der Waals surface area contributed by atoms with Crippen LogP contribution in [0.2, 0.25) is 0 Å². The summed E-state index contributed by atoms with van der Waals surface area (Å²) in [5.74, 6) is 1.79. The molecule has 0 N–H and O–H groups in total. The van der Waals surface area contributed by atoms with Crippen molar-refractivity contribution in [1.29, 1.82) is 0 Å². The van der Waals surface area contributed by atoms with Crippen LogP contribution in [0.15, 0.2) is 66.9 Å². The highest BCUT2D eigenvalue weighted by molar-refractivity contribution is 6.75. The van der Waals surface area contributed by atoms with Crippen LogP contribution in [0.3, 0.4) is 0 Å². The molecule has 0 bridgehead atoms. The minimum Gasteiger partial charge on any atom is -0.536 e. The summed E-state index contributed by atoms with van der Waals surface area (Å²) < 4.78 is 6.31. The number of anilines is 2. The molecule has 0 fully saturated rings. The van der Waals surface area contributed by atoms with Crippen molar-refractivity contribution in [2.75, 3.05) is 4.81 Å². The second-order valence-electron chi connectivity index (χ2n) is 5.80. The molecule has 0 radical (unpaired) electrons. The summed E-state index contributed by atoms with van der Waals surface area (Å²) in [4.78, 5) is 6.71. The van der Waals surface area contributed by atoms with Crippen LogP contribution in [0.5, 0.6) is 5.75 Å². The Labute approximate surface area is 136 Å². The van der Waals surface area contributed by atoms with Gasteiger partial charge in [-0.1, -0.05) is 47.5 Å². The molecule has 0 saturated heterocycles. The largest absolute Gasteiger partial charge is 0.536 e. The third kappa shape index (κ3) is 2.27. The molecule has 2 heterocycles. The number of para-hydroxylation sites is 2. The summed E-state index contributed by atoms with van der Waals surface area (Å²) >= 11 is 0. The van der Waals surface area contributed by atoms with Crippen LogP contribution in [-0.4, -0.2) is 12.0 Å². The molecule has 1 aromatic heterocycles. The molecule has 4 rings (SSSR count). The second-order valence-corrected chi connectivity index (χ2v) is 5.80. The van der Waals surface area contributed by atoms with E-state index in [-0.39, 0.29) is 7.05 Å². The van der Waals surface area contributed by atoms with Crippen LogP contribution in [0.4, 0.5) is 11.5 Å². The van der Waals surface area contributed by atoms with Crippen LogP contribution in [0.1, 0.15) is 11.1 Å². The number of benzene rings is 2. The first-order valence-electron chi connectivity index (χ1n) is 7.78. The highest BCUT2D eigenvalue weighted by Gasteiger charge is 2.41. The Hall–Kier alpha value is -2.75. The lowest BCUT2D eigenvalue weighted by molar-refractivity contribution is 0.603. The Morgan fingerprint density at radius 1 is 0.870 bits per heavy atom. The molecule has 4 heteroatoms. The van der Waals surface area contributed by atoms with Crippen molar-refractivity contribution in [2.24, 2.45) is 0 Å². The van der Waals surface area contributed by atoms with Crippen molar-refractivity contribution in [2.45, 2.75) is 13.8 Å². The van der Waals surface area contributed by atoms with Gasteiger partial charge in [0.05, 0.1) is 5.69 Å². The highest BCUT2D eigenvalue weighted by atomic mass is 16.5. The Morgan fingerprint density at radius 2 is 1.61 bits per heavy atom. The average Bonchev–Trinajstić information content (AvgIpc) is 2.94. The van der Waals surface area contributed by atoms with Crippen LogP contribution in [-0.2, 0) is 0 Å². The van der Waals surface area contributed by atoms with Crippen molar-refractivity contribution >= 4 is 24.0 Å². The van der Waals surface area contributed by atoms with Gasteiger partial charge in [-0.3, -0.25) is 0 Å². The fourth-order valence-electron chi connectivity index (χ4n) is 3.20. The van der Waals surface area contributed by atoms with E-state index in [1.807, 2.05) is 42.6 Å². The smallest absolute Gasteiger partial charge is 0.526 e. The van der Waals surface area contributed by atoms with E-state index in [0.717, 1.165) is 17.3 Å². The molecular formula is C19H17BN2O. The van der Waals surface area contributed by atoms with E-state index in [0.29, 0.717) is 0 Å². The first-order chi connectivity index (χ1) is 11.3. The molecule has 0 spiro atoms. The van der Waals surface area contributed by atoms with Crippen LogP contribution >= 0.6 is 0 Å². The molecule has 0 atom stereocenters. The molecule has 0 aliphatic carbocycles. The summed E-state index contributed by atoms with van der Waals surface area (Å²) in [7, 11) is -0.191. The Balaban J connectivity index is 1.90. The minimum absolute atomic E-state index is 0.191. The zero-order valence-electron chi connectivity index (χ0n) is 13.2. The van der Waals surface area contributed by atoms with Gasteiger partial charge < -0.3 is 9.47 Å². The van der Waals surface area contributed by atoms with E-state index < -0.39 is 0 Å². The lowest BCUT2D eigenvalue weighted by Gasteiger charge is -2.23. The van der Waals surface area contributed by atoms with Gasteiger partial charge in [0.25, 0.3) is 0 Å². The van der Waals surface area contributed by atoms with E-state index in [2.05, 4.69) is 47.9 Å². The number of nitrogens with zero attached hydrogens (tertiary/aromatic N) is 2.